The highest BCUT2D eigenvalue weighted by Crippen LogP contribution is 2.31. The predicted octanol–water partition coefficient (Wildman–Crippen LogP) is 8.24. The zero-order chi connectivity index (χ0) is 35.9. The number of hydrogen-bond acceptors (Lipinski definition) is 9. The number of ether oxygens (including phenoxy) is 4. The van der Waals surface area contributed by atoms with Crippen LogP contribution in [-0.4, -0.2) is 32.2 Å². The molecule has 6 aromatic rings. The van der Waals surface area contributed by atoms with Crippen molar-refractivity contribution in [2.24, 2.45) is 0 Å². The normalized spacial score (nSPS) is 10.3. The molecule has 0 saturated carbocycles. The molecule has 0 aliphatic heterocycles. The summed E-state index contributed by atoms with van der Waals surface area (Å²) in [7, 11) is -1.00. The molecular weight excluding hydrogens is 703 g/mol. The second kappa shape index (κ2) is 21.6. The molecule has 0 aliphatic rings. The van der Waals surface area contributed by atoms with Gasteiger partial charge in [-0.2, -0.15) is 9.97 Å². The van der Waals surface area contributed by atoms with Crippen molar-refractivity contribution in [3.05, 3.63) is 168 Å². The molecule has 0 spiro atoms. The van der Waals surface area contributed by atoms with Crippen LogP contribution in [0.3, 0.4) is 0 Å². The van der Waals surface area contributed by atoms with E-state index in [-0.39, 0.29) is 6.61 Å². The fourth-order valence-corrected chi connectivity index (χ4v) is 4.80. The maximum absolute atomic E-state index is 9.96. The van der Waals surface area contributed by atoms with Gasteiger partial charge in [0.1, 0.15) is 50.5 Å². The van der Waals surface area contributed by atoms with E-state index in [1.165, 1.54) is 12.7 Å². The molecular formula is C39H38BrFN4O5. The molecule has 0 radical (unpaired) electrons. The van der Waals surface area contributed by atoms with Crippen molar-refractivity contribution in [2.45, 2.75) is 38.4 Å². The first-order chi connectivity index (χ1) is 25.1. The van der Waals surface area contributed by atoms with E-state index >= 15 is 0 Å². The second-order valence-corrected chi connectivity index (χ2v) is 10.9. The highest BCUT2D eigenvalue weighted by atomic mass is 79.9. The van der Waals surface area contributed by atoms with Crippen LogP contribution in [0.2, 0.25) is 0 Å². The summed E-state index contributed by atoms with van der Waals surface area (Å²) in [5.74, 6) is 1.74. The van der Waals surface area contributed by atoms with Gasteiger partial charge in [0, 0.05) is 5.33 Å². The zero-order valence-corrected chi connectivity index (χ0v) is 28.9. The molecule has 0 amide bonds. The van der Waals surface area contributed by atoms with Gasteiger partial charge in [0.05, 0.1) is 15.1 Å². The molecule has 0 aliphatic carbocycles. The molecule has 0 unspecified atom stereocenters. The number of hydrogen-bond donors (Lipinski definition) is 1. The summed E-state index contributed by atoms with van der Waals surface area (Å²) in [6.45, 7) is 1.35. The summed E-state index contributed by atoms with van der Waals surface area (Å²) in [6, 6.07) is 39.5. The lowest BCUT2D eigenvalue weighted by Gasteiger charge is -2.14. The molecule has 258 valence electrons. The first-order valence-electron chi connectivity index (χ1n) is 16.2. The average Bonchev–Trinajstić information content (AvgIpc) is 3.20. The Morgan fingerprint density at radius 1 is 0.540 bits per heavy atom. The minimum atomic E-state index is -1.00. The van der Waals surface area contributed by atoms with Gasteiger partial charge in [-0.15, -0.1) is 0 Å². The summed E-state index contributed by atoms with van der Waals surface area (Å²) in [6.07, 6.45) is 2.85. The van der Waals surface area contributed by atoms with Gasteiger partial charge in [0.25, 0.3) is 11.8 Å². The molecule has 4 aromatic carbocycles. The number of aliphatic hydroxyl groups is 1. The zero-order valence-electron chi connectivity index (χ0n) is 28.3. The predicted molar refractivity (Wildman–Crippen MR) is 193 cm³/mol. The van der Waals surface area contributed by atoms with Crippen LogP contribution in [0.5, 0.6) is 23.3 Å². The highest BCUT2D eigenvalue weighted by molar-refractivity contribution is 9.08. The van der Waals surface area contributed by atoms with Gasteiger partial charge < -0.3 is 24.1 Å². The SMILES string of the molecule is BrCc1ncnc(OCc2ccccc2)c1OCc1ccccc1.OCc1ncnc(OCc2ccccc2)c1OCc1ccccc1.[2H]CF. The Bertz CT molecular complexity index is 1700. The topological polar surface area (TPSA) is 109 Å². The molecule has 9 nitrogen and oxygen atoms in total. The van der Waals surface area contributed by atoms with E-state index in [9.17, 15) is 9.50 Å². The lowest BCUT2D eigenvalue weighted by molar-refractivity contribution is 0.226. The Kier molecular flexibility index (Phi) is 15.5. The highest BCUT2D eigenvalue weighted by Gasteiger charge is 2.16. The van der Waals surface area contributed by atoms with Gasteiger partial charge in [0.2, 0.25) is 11.5 Å². The van der Waals surface area contributed by atoms with E-state index in [1.807, 2.05) is 121 Å². The number of aromatic nitrogens is 4. The van der Waals surface area contributed by atoms with E-state index in [0.717, 1.165) is 27.9 Å². The molecule has 11 heteroatoms. The third-order valence-electron chi connectivity index (χ3n) is 6.85. The van der Waals surface area contributed by atoms with E-state index in [4.69, 9.17) is 20.3 Å². The molecule has 6 rings (SSSR count). The van der Waals surface area contributed by atoms with Gasteiger partial charge in [-0.3, -0.25) is 4.39 Å². The third-order valence-corrected chi connectivity index (χ3v) is 7.39. The Hall–Kier alpha value is -5.39. The lowest BCUT2D eigenvalue weighted by atomic mass is 10.2. The van der Waals surface area contributed by atoms with E-state index < -0.39 is 7.15 Å². The van der Waals surface area contributed by atoms with Gasteiger partial charge in [-0.1, -0.05) is 137 Å². The van der Waals surface area contributed by atoms with E-state index in [0.29, 0.717) is 60.7 Å². The Labute approximate surface area is 301 Å². The number of aliphatic hydroxyl groups excluding tert-OH is 1. The second-order valence-electron chi connectivity index (χ2n) is 10.3. The minimum absolute atomic E-state index is 0.242. The Balaban J connectivity index is 0.000000212. The molecule has 2 aromatic heterocycles. The summed E-state index contributed by atoms with van der Waals surface area (Å²) in [4.78, 5) is 16.7. The molecule has 50 heavy (non-hydrogen) atoms. The maximum Gasteiger partial charge on any atom is 0.260 e. The molecule has 1 N–H and O–H groups in total. The number of rotatable bonds is 14. The standard InChI is InChI=1S/C19H17BrN2O2.C19H18N2O3.CH3F/c20-11-17-18(23-12-15-7-3-1-4-8-15)19(22-14-21-17)24-13-16-9-5-2-6-10-16;22-11-17-18(23-12-15-7-3-1-4-8-15)19(21-14-20-17)24-13-16-9-5-2-6-10-16;1-2/h1-10,14H,11-13H2;1-10,14,22H,11-13H2;1H3/i;;1D. The van der Waals surface area contributed by atoms with Crippen molar-refractivity contribution >= 4 is 15.9 Å². The van der Waals surface area contributed by atoms with Crippen molar-refractivity contribution in [1.29, 1.82) is 0 Å². The minimum Gasteiger partial charge on any atom is -0.482 e. The maximum atomic E-state index is 9.96. The van der Waals surface area contributed by atoms with Crippen LogP contribution in [-0.2, 0) is 38.4 Å². The van der Waals surface area contributed by atoms with Gasteiger partial charge in [0.15, 0.2) is 0 Å². The van der Waals surface area contributed by atoms with Crippen molar-refractivity contribution < 1.29 is 29.8 Å². The van der Waals surface area contributed by atoms with Gasteiger partial charge in [-0.25, -0.2) is 9.97 Å². The number of alkyl halides is 2. The fraction of sp³-hybridized carbons (Fsp3) is 0.179. The van der Waals surface area contributed by atoms with Crippen molar-refractivity contribution in [2.75, 3.05) is 7.15 Å². The fourth-order valence-electron chi connectivity index (χ4n) is 4.40. The summed E-state index contributed by atoms with van der Waals surface area (Å²) in [5.41, 5.74) is 5.37. The van der Waals surface area contributed by atoms with Crippen molar-refractivity contribution in [3.8, 4) is 23.3 Å². The van der Waals surface area contributed by atoms with Crippen molar-refractivity contribution in [1.82, 2.24) is 19.9 Å². The quantitative estimate of drug-likeness (QED) is 0.110. The van der Waals surface area contributed by atoms with Gasteiger partial charge >= 0.3 is 0 Å². The first kappa shape index (κ1) is 35.9. The van der Waals surface area contributed by atoms with Crippen LogP contribution in [0.15, 0.2) is 134 Å². The first-order valence-corrected chi connectivity index (χ1v) is 16.6. The Morgan fingerprint density at radius 3 is 1.20 bits per heavy atom. The molecule has 2 heterocycles. The van der Waals surface area contributed by atoms with Crippen LogP contribution in [0.25, 0.3) is 0 Å². The molecule has 0 saturated heterocycles. The van der Waals surface area contributed by atoms with Gasteiger partial charge in [-0.05, 0) is 22.3 Å². The van der Waals surface area contributed by atoms with Crippen molar-refractivity contribution in [3.63, 3.8) is 0 Å². The lowest BCUT2D eigenvalue weighted by Crippen LogP contribution is -2.06. The summed E-state index contributed by atoms with van der Waals surface area (Å²) < 4.78 is 38.9. The summed E-state index contributed by atoms with van der Waals surface area (Å²) in [5, 5.41) is 10.1. The Morgan fingerprint density at radius 2 is 0.860 bits per heavy atom. The smallest absolute Gasteiger partial charge is 0.260 e. The molecule has 0 fully saturated rings. The van der Waals surface area contributed by atoms with Crippen LogP contribution < -0.4 is 18.9 Å². The third kappa shape index (κ3) is 11.9. The number of nitrogens with zero attached hydrogens (tertiary/aromatic N) is 4. The number of halogens is 2. The van der Waals surface area contributed by atoms with E-state index in [2.05, 4.69) is 35.9 Å². The van der Waals surface area contributed by atoms with E-state index in [1.54, 1.807) is 0 Å². The number of benzene rings is 4. The molecule has 0 atom stereocenters. The monoisotopic (exact) mass is 741 g/mol. The molecule has 0 bridgehead atoms. The largest absolute Gasteiger partial charge is 0.482 e. The summed E-state index contributed by atoms with van der Waals surface area (Å²) >= 11 is 3.44. The van der Waals surface area contributed by atoms with Crippen LogP contribution in [0, 0.1) is 0 Å². The van der Waals surface area contributed by atoms with Crippen LogP contribution in [0.4, 0.5) is 4.39 Å². The average molecular weight is 743 g/mol. The van der Waals surface area contributed by atoms with Crippen LogP contribution >= 0.6 is 15.9 Å². The van der Waals surface area contributed by atoms with Crippen LogP contribution in [0.1, 0.15) is 35.0 Å².